The lowest BCUT2D eigenvalue weighted by molar-refractivity contribution is -0.141. The summed E-state index contributed by atoms with van der Waals surface area (Å²) >= 11 is 7.43. The molecule has 2 heterocycles. The molecule has 120 valence electrons. The molecule has 1 N–H and O–H groups in total. The highest BCUT2D eigenvalue weighted by atomic mass is 35.5. The van der Waals surface area contributed by atoms with E-state index in [-0.39, 0.29) is 5.91 Å². The molecular formula is C17H16ClNO3S. The lowest BCUT2D eigenvalue weighted by Gasteiger charge is -2.20. The number of carboxylic acid groups (broad SMARTS) is 1. The summed E-state index contributed by atoms with van der Waals surface area (Å²) in [6.07, 6.45) is 1.25. The summed E-state index contributed by atoms with van der Waals surface area (Å²) in [6, 6.07) is 8.63. The molecule has 0 spiro atoms. The lowest BCUT2D eigenvalue weighted by atomic mass is 10.1. The molecule has 6 heteroatoms. The molecule has 1 aliphatic rings. The van der Waals surface area contributed by atoms with E-state index < -0.39 is 12.0 Å². The first-order valence-corrected chi connectivity index (χ1v) is 8.57. The van der Waals surface area contributed by atoms with Gasteiger partial charge in [-0.1, -0.05) is 23.7 Å². The van der Waals surface area contributed by atoms with Crippen LogP contribution in [0.25, 0.3) is 10.4 Å². The third kappa shape index (κ3) is 3.12. The highest BCUT2D eigenvalue weighted by Crippen LogP contribution is 2.35. The third-order valence-corrected chi connectivity index (χ3v) is 5.52. The fourth-order valence-corrected chi connectivity index (χ4v) is 4.23. The average Bonchev–Trinajstić information content (AvgIpc) is 3.13. The van der Waals surface area contributed by atoms with Crippen LogP contribution in [-0.4, -0.2) is 34.5 Å². The van der Waals surface area contributed by atoms with Gasteiger partial charge in [0.1, 0.15) is 6.04 Å². The molecule has 0 radical (unpaired) electrons. The largest absolute Gasteiger partial charge is 0.480 e. The first-order chi connectivity index (χ1) is 11.0. The summed E-state index contributed by atoms with van der Waals surface area (Å²) in [5.74, 6) is -1.13. The number of carbonyl (C=O) groups is 2. The molecule has 1 fully saturated rings. The van der Waals surface area contributed by atoms with Gasteiger partial charge in [0.25, 0.3) is 5.91 Å². The minimum Gasteiger partial charge on any atom is -0.480 e. The second-order valence-electron chi connectivity index (χ2n) is 5.63. The number of halogens is 1. The third-order valence-electron chi connectivity index (χ3n) is 4.01. The quantitative estimate of drug-likeness (QED) is 0.908. The summed E-state index contributed by atoms with van der Waals surface area (Å²) in [4.78, 5) is 27.0. The van der Waals surface area contributed by atoms with Crippen LogP contribution in [0, 0.1) is 6.92 Å². The maximum Gasteiger partial charge on any atom is 0.326 e. The van der Waals surface area contributed by atoms with Crippen molar-refractivity contribution in [2.45, 2.75) is 25.8 Å². The van der Waals surface area contributed by atoms with Crippen molar-refractivity contribution >= 4 is 34.8 Å². The molecule has 1 atom stereocenters. The fraction of sp³-hybridized carbons (Fsp3) is 0.294. The fourth-order valence-electron chi connectivity index (χ4n) is 2.91. The van der Waals surface area contributed by atoms with Gasteiger partial charge in [-0.05, 0) is 49.1 Å². The van der Waals surface area contributed by atoms with Gasteiger partial charge < -0.3 is 10.0 Å². The van der Waals surface area contributed by atoms with Gasteiger partial charge in [-0.2, -0.15) is 0 Å². The lowest BCUT2D eigenvalue weighted by Crippen LogP contribution is -2.40. The first-order valence-electron chi connectivity index (χ1n) is 7.37. The van der Waals surface area contributed by atoms with Gasteiger partial charge in [0.2, 0.25) is 0 Å². The first kappa shape index (κ1) is 16.0. The Morgan fingerprint density at radius 2 is 2.13 bits per heavy atom. The van der Waals surface area contributed by atoms with E-state index in [1.54, 1.807) is 0 Å². The zero-order valence-electron chi connectivity index (χ0n) is 12.6. The smallest absolute Gasteiger partial charge is 0.326 e. The number of thiophene rings is 1. The van der Waals surface area contributed by atoms with Gasteiger partial charge in [0, 0.05) is 16.4 Å². The van der Waals surface area contributed by atoms with Gasteiger partial charge in [0.15, 0.2) is 0 Å². The van der Waals surface area contributed by atoms with E-state index in [0.717, 1.165) is 22.4 Å². The van der Waals surface area contributed by atoms with Crippen molar-refractivity contribution in [2.24, 2.45) is 0 Å². The number of amides is 1. The molecular weight excluding hydrogens is 334 g/mol. The molecule has 1 aromatic carbocycles. The molecule has 0 unspecified atom stereocenters. The van der Waals surface area contributed by atoms with E-state index in [0.29, 0.717) is 22.9 Å². The van der Waals surface area contributed by atoms with Gasteiger partial charge in [-0.15, -0.1) is 11.3 Å². The Bertz CT molecular complexity index is 771. The molecule has 4 nitrogen and oxygen atoms in total. The number of carbonyl (C=O) groups excluding carboxylic acids is 1. The zero-order chi connectivity index (χ0) is 16.6. The van der Waals surface area contributed by atoms with Crippen LogP contribution in [-0.2, 0) is 4.79 Å². The van der Waals surface area contributed by atoms with Crippen molar-refractivity contribution in [1.29, 1.82) is 0 Å². The molecule has 1 saturated heterocycles. The molecule has 23 heavy (non-hydrogen) atoms. The van der Waals surface area contributed by atoms with Crippen molar-refractivity contribution < 1.29 is 14.7 Å². The molecule has 0 bridgehead atoms. The number of likely N-dealkylation sites (tertiary alicyclic amines) is 1. The summed E-state index contributed by atoms with van der Waals surface area (Å²) in [6.45, 7) is 2.45. The predicted octanol–water partition coefficient (Wildman–Crippen LogP) is 4.07. The van der Waals surface area contributed by atoms with E-state index in [4.69, 9.17) is 11.6 Å². The second kappa shape index (κ2) is 6.34. The monoisotopic (exact) mass is 349 g/mol. The molecule has 2 aromatic rings. The Hall–Kier alpha value is -1.85. The van der Waals surface area contributed by atoms with Crippen LogP contribution in [0.15, 0.2) is 30.3 Å². The SMILES string of the molecule is Cc1cc(C(=O)N2CCC[C@@H]2C(=O)O)sc1-c1cccc(Cl)c1. The van der Waals surface area contributed by atoms with Crippen LogP contribution in [0.1, 0.15) is 28.1 Å². The van der Waals surface area contributed by atoms with Gasteiger partial charge in [-0.3, -0.25) is 4.79 Å². The van der Waals surface area contributed by atoms with Crippen molar-refractivity contribution in [3.8, 4) is 10.4 Å². The summed E-state index contributed by atoms with van der Waals surface area (Å²) in [5.41, 5.74) is 1.96. The molecule has 3 rings (SSSR count). The molecule has 0 saturated carbocycles. The number of rotatable bonds is 3. The van der Waals surface area contributed by atoms with Crippen LogP contribution >= 0.6 is 22.9 Å². The normalized spacial score (nSPS) is 17.5. The number of aryl methyl sites for hydroxylation is 1. The maximum absolute atomic E-state index is 12.7. The number of hydrogen-bond acceptors (Lipinski definition) is 3. The summed E-state index contributed by atoms with van der Waals surface area (Å²) < 4.78 is 0. The highest BCUT2D eigenvalue weighted by Gasteiger charge is 2.35. The van der Waals surface area contributed by atoms with E-state index in [2.05, 4.69) is 0 Å². The summed E-state index contributed by atoms with van der Waals surface area (Å²) in [5, 5.41) is 9.89. The van der Waals surface area contributed by atoms with Crippen molar-refractivity contribution in [2.75, 3.05) is 6.54 Å². The van der Waals surface area contributed by atoms with E-state index in [9.17, 15) is 14.7 Å². The van der Waals surface area contributed by atoms with Crippen molar-refractivity contribution in [3.63, 3.8) is 0 Å². The Morgan fingerprint density at radius 1 is 1.35 bits per heavy atom. The van der Waals surface area contributed by atoms with Gasteiger partial charge in [-0.25, -0.2) is 4.79 Å². The standard InChI is InChI=1S/C17H16ClNO3S/c1-10-8-14(16(20)19-7-3-6-13(19)17(21)22)23-15(10)11-4-2-5-12(18)9-11/h2,4-5,8-9,13H,3,6-7H2,1H3,(H,21,22)/t13-/m1/s1. The zero-order valence-corrected chi connectivity index (χ0v) is 14.2. The van der Waals surface area contributed by atoms with Gasteiger partial charge >= 0.3 is 5.97 Å². The Balaban J connectivity index is 1.91. The number of benzene rings is 1. The Labute approximate surface area is 143 Å². The minimum absolute atomic E-state index is 0.198. The number of carboxylic acids is 1. The molecule has 1 amide bonds. The van der Waals surface area contributed by atoms with Crippen LogP contribution in [0.2, 0.25) is 5.02 Å². The van der Waals surface area contributed by atoms with Crippen molar-refractivity contribution in [3.05, 3.63) is 45.8 Å². The van der Waals surface area contributed by atoms with Crippen LogP contribution in [0.5, 0.6) is 0 Å². The number of hydrogen-bond donors (Lipinski definition) is 1. The van der Waals surface area contributed by atoms with Crippen LogP contribution in [0.4, 0.5) is 0 Å². The van der Waals surface area contributed by atoms with E-state index in [1.165, 1.54) is 16.2 Å². The molecule has 1 aromatic heterocycles. The topological polar surface area (TPSA) is 57.6 Å². The number of aliphatic carboxylic acids is 1. The average molecular weight is 350 g/mol. The highest BCUT2D eigenvalue weighted by molar-refractivity contribution is 7.17. The molecule has 1 aliphatic heterocycles. The van der Waals surface area contributed by atoms with E-state index in [1.807, 2.05) is 37.3 Å². The number of nitrogens with zero attached hydrogens (tertiary/aromatic N) is 1. The predicted molar refractivity (Wildman–Crippen MR) is 91.2 cm³/mol. The Morgan fingerprint density at radius 3 is 2.83 bits per heavy atom. The molecule has 0 aliphatic carbocycles. The maximum atomic E-state index is 12.7. The second-order valence-corrected chi connectivity index (χ2v) is 7.12. The van der Waals surface area contributed by atoms with Crippen LogP contribution in [0.3, 0.4) is 0 Å². The minimum atomic E-state index is -0.931. The van der Waals surface area contributed by atoms with Crippen LogP contribution < -0.4 is 0 Å². The Kier molecular flexibility index (Phi) is 4.41. The van der Waals surface area contributed by atoms with Gasteiger partial charge in [0.05, 0.1) is 4.88 Å². The summed E-state index contributed by atoms with van der Waals surface area (Å²) in [7, 11) is 0. The van der Waals surface area contributed by atoms with Crippen molar-refractivity contribution in [1.82, 2.24) is 4.90 Å². The van der Waals surface area contributed by atoms with E-state index >= 15 is 0 Å².